The summed E-state index contributed by atoms with van der Waals surface area (Å²) in [7, 11) is 0. The van der Waals surface area contributed by atoms with Crippen LogP contribution in [0.4, 0.5) is 20.3 Å². The molecule has 7 nitrogen and oxygen atoms in total. The fraction of sp³-hybridized carbons (Fsp3) is 0.294. The third kappa shape index (κ3) is 3.35. The van der Waals surface area contributed by atoms with Crippen molar-refractivity contribution in [2.75, 3.05) is 23.3 Å². The zero-order chi connectivity index (χ0) is 19.8. The van der Waals surface area contributed by atoms with Crippen LogP contribution in [0.5, 0.6) is 0 Å². The first-order valence-electron chi connectivity index (χ1n) is 8.47. The van der Waals surface area contributed by atoms with Gasteiger partial charge in [0.2, 0.25) is 5.91 Å². The summed E-state index contributed by atoms with van der Waals surface area (Å²) in [6.07, 6.45) is -0.100. The zero-order valence-corrected chi connectivity index (χ0v) is 15.9. The van der Waals surface area contributed by atoms with Crippen molar-refractivity contribution in [1.29, 1.82) is 0 Å². The highest BCUT2D eigenvalue weighted by Gasteiger charge is 2.25. The SMILES string of the molecule is O=C1CCCN1c1ccc(Cl)c(-c2c(Cl)nc3ncnn3c2NCC(F)F)c1. The van der Waals surface area contributed by atoms with Crippen molar-refractivity contribution in [1.82, 2.24) is 19.6 Å². The van der Waals surface area contributed by atoms with E-state index in [-0.39, 0.29) is 22.7 Å². The monoisotopic (exact) mass is 426 g/mol. The Morgan fingerprint density at radius 1 is 1.29 bits per heavy atom. The van der Waals surface area contributed by atoms with Crippen LogP contribution in [0.25, 0.3) is 16.9 Å². The minimum absolute atomic E-state index is 0.0141. The molecule has 0 bridgehead atoms. The molecule has 0 spiro atoms. The molecule has 0 saturated carbocycles. The summed E-state index contributed by atoms with van der Waals surface area (Å²) >= 11 is 12.8. The van der Waals surface area contributed by atoms with E-state index in [1.807, 2.05) is 0 Å². The van der Waals surface area contributed by atoms with E-state index < -0.39 is 13.0 Å². The van der Waals surface area contributed by atoms with Crippen LogP contribution in [0.2, 0.25) is 10.2 Å². The molecular formula is C17H14Cl2F2N6O. The molecular weight excluding hydrogens is 413 g/mol. The molecule has 3 aromatic rings. The van der Waals surface area contributed by atoms with Gasteiger partial charge in [0.25, 0.3) is 12.2 Å². The first-order valence-corrected chi connectivity index (χ1v) is 9.23. The van der Waals surface area contributed by atoms with Crippen molar-refractivity contribution in [2.45, 2.75) is 19.3 Å². The van der Waals surface area contributed by atoms with Crippen LogP contribution in [-0.2, 0) is 4.79 Å². The molecule has 1 aliphatic heterocycles. The lowest BCUT2D eigenvalue weighted by molar-refractivity contribution is -0.117. The van der Waals surface area contributed by atoms with Crippen LogP contribution in [0, 0.1) is 0 Å². The zero-order valence-electron chi connectivity index (χ0n) is 14.4. The van der Waals surface area contributed by atoms with E-state index in [2.05, 4.69) is 20.4 Å². The molecule has 3 heterocycles. The minimum atomic E-state index is -2.60. The third-order valence-electron chi connectivity index (χ3n) is 4.41. The number of amides is 1. The van der Waals surface area contributed by atoms with Crippen LogP contribution < -0.4 is 10.2 Å². The Bertz CT molecular complexity index is 1060. The van der Waals surface area contributed by atoms with Gasteiger partial charge in [0, 0.05) is 29.2 Å². The number of hydrogen-bond donors (Lipinski definition) is 1. The fourth-order valence-electron chi connectivity index (χ4n) is 3.19. The summed E-state index contributed by atoms with van der Waals surface area (Å²) in [6, 6.07) is 5.07. The predicted molar refractivity (Wildman–Crippen MR) is 102 cm³/mol. The van der Waals surface area contributed by atoms with E-state index in [0.29, 0.717) is 34.8 Å². The van der Waals surface area contributed by atoms with Gasteiger partial charge in [0.1, 0.15) is 17.3 Å². The Morgan fingerprint density at radius 2 is 2.11 bits per heavy atom. The minimum Gasteiger partial charge on any atom is -0.364 e. The lowest BCUT2D eigenvalue weighted by atomic mass is 10.1. The van der Waals surface area contributed by atoms with Crippen LogP contribution in [0.1, 0.15) is 12.8 Å². The number of fused-ring (bicyclic) bond motifs is 1. The number of alkyl halides is 2. The van der Waals surface area contributed by atoms with Gasteiger partial charge in [-0.3, -0.25) is 4.79 Å². The number of halogens is 4. The molecule has 2 aromatic heterocycles. The molecule has 0 aliphatic carbocycles. The maximum Gasteiger partial charge on any atom is 0.255 e. The van der Waals surface area contributed by atoms with Crippen molar-refractivity contribution in [3.63, 3.8) is 0 Å². The molecule has 146 valence electrons. The van der Waals surface area contributed by atoms with E-state index in [4.69, 9.17) is 23.2 Å². The highest BCUT2D eigenvalue weighted by Crippen LogP contribution is 2.40. The lowest BCUT2D eigenvalue weighted by Crippen LogP contribution is -2.23. The van der Waals surface area contributed by atoms with Crippen LogP contribution in [-0.4, -0.2) is 45.0 Å². The molecule has 1 amide bonds. The summed E-state index contributed by atoms with van der Waals surface area (Å²) in [6.45, 7) is -0.0191. The maximum absolute atomic E-state index is 12.8. The normalized spacial score (nSPS) is 14.5. The molecule has 11 heteroatoms. The van der Waals surface area contributed by atoms with E-state index >= 15 is 0 Å². The van der Waals surface area contributed by atoms with E-state index in [9.17, 15) is 13.6 Å². The second-order valence-corrected chi connectivity index (χ2v) is 6.95. The number of benzene rings is 1. The highest BCUT2D eigenvalue weighted by atomic mass is 35.5. The Balaban J connectivity index is 1.89. The lowest BCUT2D eigenvalue weighted by Gasteiger charge is -2.19. The van der Waals surface area contributed by atoms with Crippen molar-refractivity contribution >= 4 is 46.4 Å². The first kappa shape index (κ1) is 18.8. The van der Waals surface area contributed by atoms with Crippen molar-refractivity contribution < 1.29 is 13.6 Å². The number of nitrogens with zero attached hydrogens (tertiary/aromatic N) is 5. The van der Waals surface area contributed by atoms with Crippen molar-refractivity contribution in [3.05, 3.63) is 34.7 Å². The highest BCUT2D eigenvalue weighted by molar-refractivity contribution is 6.36. The number of carbonyl (C=O) groups excluding carboxylic acids is 1. The average molecular weight is 427 g/mol. The van der Waals surface area contributed by atoms with Gasteiger partial charge in [0.05, 0.1) is 12.1 Å². The van der Waals surface area contributed by atoms with Crippen LogP contribution >= 0.6 is 23.2 Å². The molecule has 0 unspecified atom stereocenters. The summed E-state index contributed by atoms with van der Waals surface area (Å²) in [5, 5.41) is 7.05. The standard InChI is InChI=1S/C17H14Cl2F2N6O/c18-11-4-3-9(26-5-1-2-13(26)28)6-10(11)14-15(19)25-17-23-8-24-27(17)16(14)22-7-12(20)21/h3-4,6,8,12,22H,1-2,5,7H2. The van der Waals surface area contributed by atoms with E-state index in [1.165, 1.54) is 10.8 Å². The van der Waals surface area contributed by atoms with Crippen molar-refractivity contribution in [3.8, 4) is 11.1 Å². The number of anilines is 2. The van der Waals surface area contributed by atoms with E-state index in [0.717, 1.165) is 6.42 Å². The molecule has 1 aliphatic rings. The molecule has 1 N–H and O–H groups in total. The summed E-state index contributed by atoms with van der Waals surface area (Å²) in [4.78, 5) is 21.9. The molecule has 1 aromatic carbocycles. The Labute approximate surface area is 168 Å². The van der Waals surface area contributed by atoms with Gasteiger partial charge in [-0.2, -0.15) is 19.6 Å². The molecule has 1 fully saturated rings. The topological polar surface area (TPSA) is 75.4 Å². The Morgan fingerprint density at radius 3 is 2.82 bits per heavy atom. The fourth-order valence-corrected chi connectivity index (χ4v) is 3.67. The van der Waals surface area contributed by atoms with Crippen LogP contribution in [0.3, 0.4) is 0 Å². The molecule has 4 rings (SSSR count). The smallest absolute Gasteiger partial charge is 0.255 e. The van der Waals surface area contributed by atoms with E-state index in [1.54, 1.807) is 23.1 Å². The number of aromatic nitrogens is 4. The van der Waals surface area contributed by atoms with Gasteiger partial charge in [-0.05, 0) is 24.6 Å². The number of nitrogens with one attached hydrogen (secondary N) is 1. The molecule has 1 saturated heterocycles. The first-order chi connectivity index (χ1) is 13.5. The predicted octanol–water partition coefficient (Wildman–Crippen LogP) is 3.90. The van der Waals surface area contributed by atoms with Gasteiger partial charge in [0.15, 0.2) is 0 Å². The van der Waals surface area contributed by atoms with Gasteiger partial charge < -0.3 is 10.2 Å². The second-order valence-electron chi connectivity index (χ2n) is 6.18. The number of carbonyl (C=O) groups is 1. The second kappa shape index (κ2) is 7.48. The Kier molecular flexibility index (Phi) is 5.03. The van der Waals surface area contributed by atoms with Gasteiger partial charge in [-0.1, -0.05) is 23.2 Å². The van der Waals surface area contributed by atoms with Gasteiger partial charge >= 0.3 is 0 Å². The average Bonchev–Trinajstić information content (AvgIpc) is 3.29. The largest absolute Gasteiger partial charge is 0.364 e. The van der Waals surface area contributed by atoms with Crippen LogP contribution in [0.15, 0.2) is 24.5 Å². The van der Waals surface area contributed by atoms with Crippen molar-refractivity contribution in [2.24, 2.45) is 0 Å². The van der Waals surface area contributed by atoms with Gasteiger partial charge in [-0.15, -0.1) is 0 Å². The summed E-state index contributed by atoms with van der Waals surface area (Å²) in [5.41, 5.74) is 1.40. The number of rotatable bonds is 5. The molecule has 0 atom stereocenters. The number of hydrogen-bond acceptors (Lipinski definition) is 5. The summed E-state index contributed by atoms with van der Waals surface area (Å²) in [5.74, 6) is 0.368. The molecule has 0 radical (unpaired) electrons. The molecule has 28 heavy (non-hydrogen) atoms. The quantitative estimate of drug-likeness (QED) is 0.626. The Hall–Kier alpha value is -2.52. The maximum atomic E-state index is 12.8. The summed E-state index contributed by atoms with van der Waals surface area (Å²) < 4.78 is 27.0. The van der Waals surface area contributed by atoms with Gasteiger partial charge in [-0.25, -0.2) is 8.78 Å². The third-order valence-corrected chi connectivity index (χ3v) is 5.01.